The van der Waals surface area contributed by atoms with Crippen LogP contribution in [-0.2, 0) is 37.3 Å². The third kappa shape index (κ3) is 5.17. The summed E-state index contributed by atoms with van der Waals surface area (Å²) in [5.41, 5.74) is 1.99. The van der Waals surface area contributed by atoms with Crippen molar-refractivity contribution in [2.75, 3.05) is 19.7 Å². The lowest BCUT2D eigenvalue weighted by atomic mass is 9.98. The average molecular weight is 522 g/mol. The van der Waals surface area contributed by atoms with Gasteiger partial charge in [-0.3, -0.25) is 9.59 Å². The van der Waals surface area contributed by atoms with Gasteiger partial charge in [0, 0.05) is 19.0 Å². The number of aryl methyl sites for hydroxylation is 1. The number of fused-ring (bicyclic) bond motifs is 1. The first-order chi connectivity index (χ1) is 16.3. The zero-order chi connectivity index (χ0) is 24.3. The Morgan fingerprint density at radius 3 is 2.59 bits per heavy atom. The standard InChI is InChI=1S/C23H27N3O5S3/c1-3-16-7-8-18-19(14-16)33-23(26(18)15-20(27)31-4-2)24-22(28)17-9-11-25(12-10-17)34(29,30)21-6-5-13-32-21/h5-8,13-14,17H,3-4,9-12,15H2,1-2H3. The first-order valence-electron chi connectivity index (χ1n) is 11.2. The number of nitrogens with zero attached hydrogens (tertiary/aromatic N) is 3. The summed E-state index contributed by atoms with van der Waals surface area (Å²) in [4.78, 5) is 30.1. The predicted molar refractivity (Wildman–Crippen MR) is 132 cm³/mol. The number of ether oxygens (including phenoxy) is 1. The molecule has 0 unspecified atom stereocenters. The number of carbonyl (C=O) groups is 2. The summed E-state index contributed by atoms with van der Waals surface area (Å²) >= 11 is 2.56. The maximum atomic E-state index is 13.1. The van der Waals surface area contributed by atoms with Crippen LogP contribution in [0.15, 0.2) is 44.9 Å². The monoisotopic (exact) mass is 521 g/mol. The summed E-state index contributed by atoms with van der Waals surface area (Å²) in [5, 5.41) is 1.74. The molecule has 0 bridgehead atoms. The number of carbonyl (C=O) groups excluding carboxylic acids is 2. The van der Waals surface area contributed by atoms with Crippen LogP contribution in [0.5, 0.6) is 0 Å². The highest BCUT2D eigenvalue weighted by atomic mass is 32.2. The Morgan fingerprint density at radius 2 is 1.94 bits per heavy atom. The predicted octanol–water partition coefficient (Wildman–Crippen LogP) is 3.42. The zero-order valence-electron chi connectivity index (χ0n) is 19.1. The number of thiazole rings is 1. The van der Waals surface area contributed by atoms with Crippen LogP contribution in [0, 0.1) is 5.92 Å². The van der Waals surface area contributed by atoms with E-state index in [0.717, 1.165) is 22.2 Å². The van der Waals surface area contributed by atoms with Crippen LogP contribution >= 0.6 is 22.7 Å². The third-order valence-corrected chi connectivity index (χ3v) is 10.2. The summed E-state index contributed by atoms with van der Waals surface area (Å²) in [6.07, 6.45) is 1.70. The van der Waals surface area contributed by atoms with E-state index < -0.39 is 10.0 Å². The van der Waals surface area contributed by atoms with Crippen molar-refractivity contribution in [2.24, 2.45) is 10.9 Å². The molecule has 34 heavy (non-hydrogen) atoms. The Balaban J connectivity index is 1.57. The number of hydrogen-bond donors (Lipinski definition) is 0. The lowest BCUT2D eigenvalue weighted by molar-refractivity contribution is -0.143. The highest BCUT2D eigenvalue weighted by molar-refractivity contribution is 7.91. The number of benzene rings is 1. The number of amides is 1. The minimum atomic E-state index is -3.52. The molecule has 11 heteroatoms. The molecular weight excluding hydrogens is 494 g/mol. The highest BCUT2D eigenvalue weighted by Crippen LogP contribution is 2.27. The van der Waals surface area contributed by atoms with Gasteiger partial charge in [-0.1, -0.05) is 30.4 Å². The molecule has 8 nitrogen and oxygen atoms in total. The van der Waals surface area contributed by atoms with Gasteiger partial charge in [-0.25, -0.2) is 8.42 Å². The Kier molecular flexibility index (Phi) is 7.66. The van der Waals surface area contributed by atoms with Crippen molar-refractivity contribution in [2.45, 2.75) is 43.9 Å². The fourth-order valence-electron chi connectivity index (χ4n) is 3.98. The van der Waals surface area contributed by atoms with Gasteiger partial charge in [-0.05, 0) is 55.3 Å². The van der Waals surface area contributed by atoms with E-state index in [-0.39, 0.29) is 44.0 Å². The summed E-state index contributed by atoms with van der Waals surface area (Å²) in [6.45, 7) is 4.63. The fraction of sp³-hybridized carbons (Fsp3) is 0.435. The van der Waals surface area contributed by atoms with E-state index in [9.17, 15) is 18.0 Å². The van der Waals surface area contributed by atoms with Crippen LogP contribution in [0.2, 0.25) is 0 Å². The number of thiophene rings is 1. The van der Waals surface area contributed by atoms with E-state index in [1.807, 2.05) is 12.1 Å². The first-order valence-corrected chi connectivity index (χ1v) is 14.4. The van der Waals surface area contributed by atoms with Crippen LogP contribution in [0.4, 0.5) is 0 Å². The second-order valence-corrected chi connectivity index (χ2v) is 12.1. The van der Waals surface area contributed by atoms with E-state index in [0.29, 0.717) is 21.9 Å². The van der Waals surface area contributed by atoms with Gasteiger partial charge in [0.15, 0.2) is 4.80 Å². The van der Waals surface area contributed by atoms with Gasteiger partial charge >= 0.3 is 5.97 Å². The smallest absolute Gasteiger partial charge is 0.326 e. The van der Waals surface area contributed by atoms with E-state index in [2.05, 4.69) is 18.0 Å². The number of piperidine rings is 1. The highest BCUT2D eigenvalue weighted by Gasteiger charge is 2.32. The molecule has 0 atom stereocenters. The number of rotatable bonds is 7. The molecule has 3 aromatic rings. The maximum Gasteiger partial charge on any atom is 0.326 e. The quantitative estimate of drug-likeness (QED) is 0.444. The van der Waals surface area contributed by atoms with Gasteiger partial charge < -0.3 is 9.30 Å². The molecule has 2 aromatic heterocycles. The normalized spacial score (nSPS) is 16.2. The van der Waals surface area contributed by atoms with Crippen molar-refractivity contribution in [3.05, 3.63) is 46.1 Å². The molecule has 0 saturated carbocycles. The van der Waals surface area contributed by atoms with E-state index in [1.165, 1.54) is 27.0 Å². The number of hydrogen-bond acceptors (Lipinski definition) is 7. The van der Waals surface area contributed by atoms with Gasteiger partial charge in [0.25, 0.3) is 15.9 Å². The molecule has 1 aromatic carbocycles. The summed E-state index contributed by atoms with van der Waals surface area (Å²) < 4.78 is 35.1. The van der Waals surface area contributed by atoms with Crippen molar-refractivity contribution in [3.63, 3.8) is 0 Å². The van der Waals surface area contributed by atoms with Crippen LogP contribution in [-0.4, -0.2) is 48.9 Å². The average Bonchev–Trinajstić information content (AvgIpc) is 3.48. The topological polar surface area (TPSA) is 98.0 Å². The van der Waals surface area contributed by atoms with Crippen LogP contribution in [0.25, 0.3) is 10.2 Å². The molecular formula is C23H27N3O5S3. The van der Waals surface area contributed by atoms with Crippen LogP contribution in [0.3, 0.4) is 0 Å². The lowest BCUT2D eigenvalue weighted by Crippen LogP contribution is -2.40. The molecule has 0 N–H and O–H groups in total. The third-order valence-electron chi connectivity index (χ3n) is 5.85. The molecule has 0 radical (unpaired) electrons. The number of sulfonamides is 1. The van der Waals surface area contributed by atoms with E-state index >= 15 is 0 Å². The maximum absolute atomic E-state index is 13.1. The summed E-state index contributed by atoms with van der Waals surface area (Å²) in [6, 6.07) is 9.32. The van der Waals surface area contributed by atoms with Crippen LogP contribution < -0.4 is 4.80 Å². The number of esters is 1. The van der Waals surface area contributed by atoms with Crippen molar-refractivity contribution in [3.8, 4) is 0 Å². The summed E-state index contributed by atoms with van der Waals surface area (Å²) in [7, 11) is -3.52. The van der Waals surface area contributed by atoms with Gasteiger partial charge in [0.1, 0.15) is 10.8 Å². The molecule has 1 saturated heterocycles. The number of aromatic nitrogens is 1. The Morgan fingerprint density at radius 1 is 1.18 bits per heavy atom. The molecule has 1 fully saturated rings. The van der Waals surface area contributed by atoms with Gasteiger partial charge in [0.2, 0.25) is 0 Å². The molecule has 1 amide bonds. The Hall–Kier alpha value is -2.34. The van der Waals surface area contributed by atoms with Gasteiger partial charge in [-0.15, -0.1) is 11.3 Å². The molecule has 1 aliphatic rings. The lowest BCUT2D eigenvalue weighted by Gasteiger charge is -2.29. The zero-order valence-corrected chi connectivity index (χ0v) is 21.5. The SMILES string of the molecule is CCOC(=O)Cn1c(=NC(=O)C2CCN(S(=O)(=O)c3cccs3)CC2)sc2cc(CC)ccc21. The molecule has 0 aliphatic carbocycles. The van der Waals surface area contributed by atoms with Gasteiger partial charge in [-0.2, -0.15) is 9.30 Å². The molecule has 4 rings (SSSR count). The van der Waals surface area contributed by atoms with E-state index in [1.54, 1.807) is 29.0 Å². The second-order valence-electron chi connectivity index (χ2n) is 7.99. The Bertz CT molecular complexity index is 1350. The Labute approximate surface area is 206 Å². The van der Waals surface area contributed by atoms with Gasteiger partial charge in [0.05, 0.1) is 16.8 Å². The second kappa shape index (κ2) is 10.5. The molecule has 1 aliphatic heterocycles. The largest absolute Gasteiger partial charge is 0.465 e. The van der Waals surface area contributed by atoms with E-state index in [4.69, 9.17) is 4.74 Å². The van der Waals surface area contributed by atoms with Crippen LogP contribution in [0.1, 0.15) is 32.3 Å². The van der Waals surface area contributed by atoms with Crippen molar-refractivity contribution >= 4 is 54.8 Å². The molecule has 0 spiro atoms. The van der Waals surface area contributed by atoms with Crippen molar-refractivity contribution in [1.82, 2.24) is 8.87 Å². The summed E-state index contributed by atoms with van der Waals surface area (Å²) in [5.74, 6) is -1.03. The minimum absolute atomic E-state index is 0.0249. The van der Waals surface area contributed by atoms with Crippen molar-refractivity contribution in [1.29, 1.82) is 0 Å². The molecule has 182 valence electrons. The van der Waals surface area contributed by atoms with Crippen molar-refractivity contribution < 1.29 is 22.7 Å². The first kappa shape index (κ1) is 24.8. The minimum Gasteiger partial charge on any atom is -0.465 e. The fourth-order valence-corrected chi connectivity index (χ4v) is 7.69. The molecule has 3 heterocycles.